The molecule has 1 rings (SSSR count). The van der Waals surface area contributed by atoms with Gasteiger partial charge >= 0.3 is 0 Å². The van der Waals surface area contributed by atoms with Crippen LogP contribution in [-0.2, 0) is 0 Å². The molecule has 0 aliphatic rings. The van der Waals surface area contributed by atoms with Crippen LogP contribution in [0, 0.1) is 22.7 Å². The molecule has 1 aromatic rings. The normalized spacial score (nSPS) is 6.20. The summed E-state index contributed by atoms with van der Waals surface area (Å²) in [6, 6.07) is 6.98. The van der Waals surface area contributed by atoms with Crippen molar-refractivity contribution in [3.8, 4) is 12.1 Å². The summed E-state index contributed by atoms with van der Waals surface area (Å²) in [7, 11) is 0. The molecule has 50 valence electrons. The second-order valence-corrected chi connectivity index (χ2v) is 1.29. The molecule has 0 N–H and O–H groups in total. The molecule has 0 radical (unpaired) electrons. The van der Waals surface area contributed by atoms with E-state index in [1.807, 2.05) is 12.1 Å². The second kappa shape index (κ2) is 7.26. The van der Waals surface area contributed by atoms with Crippen LogP contribution in [0.2, 0.25) is 0 Å². The highest BCUT2D eigenvalue weighted by Gasteiger charge is 1.61. The number of hydrogen-bond acceptors (Lipinski definition) is 3. The van der Waals surface area contributed by atoms with Gasteiger partial charge in [-0.3, -0.25) is 0 Å². The summed E-state index contributed by atoms with van der Waals surface area (Å²) < 4.78 is 4.58. The number of rotatable bonds is 0. The fourth-order valence-corrected chi connectivity index (χ4v) is 0.262. The number of nitriles is 2. The van der Waals surface area contributed by atoms with E-state index in [1.165, 1.54) is 0 Å². The molecule has 0 spiro atoms. The van der Waals surface area contributed by atoms with Gasteiger partial charge in [-0.1, -0.05) is 0 Å². The highest BCUT2D eigenvalue weighted by atomic mass is 16.3. The molecule has 1 heterocycles. The van der Waals surface area contributed by atoms with Crippen LogP contribution in [0.5, 0.6) is 0 Å². The van der Waals surface area contributed by atoms with E-state index in [2.05, 4.69) is 4.42 Å². The van der Waals surface area contributed by atoms with Gasteiger partial charge in [0.2, 0.25) is 0 Å². The molecule has 0 fully saturated rings. The van der Waals surface area contributed by atoms with Crippen molar-refractivity contribution in [2.75, 3.05) is 0 Å². The van der Waals surface area contributed by atoms with E-state index in [4.69, 9.17) is 10.5 Å². The van der Waals surface area contributed by atoms with Crippen molar-refractivity contribution >= 4 is 0 Å². The fourth-order valence-electron chi connectivity index (χ4n) is 0.262. The Bertz CT molecular complexity index is 186. The quantitative estimate of drug-likeness (QED) is 0.542. The zero-order valence-corrected chi connectivity index (χ0v) is 5.32. The van der Waals surface area contributed by atoms with E-state index in [0.29, 0.717) is 0 Å². The van der Waals surface area contributed by atoms with E-state index in [9.17, 15) is 0 Å². The maximum absolute atomic E-state index is 7.59. The summed E-state index contributed by atoms with van der Waals surface area (Å²) in [5, 5.41) is 15.2. The third kappa shape index (κ3) is 6.26. The van der Waals surface area contributed by atoms with Gasteiger partial charge in [-0.05, 0) is 12.1 Å². The van der Waals surface area contributed by atoms with Gasteiger partial charge in [-0.15, -0.1) is 0 Å². The van der Waals surface area contributed by atoms with Gasteiger partial charge in [0.05, 0.1) is 24.7 Å². The third-order valence-electron chi connectivity index (χ3n) is 0.583. The van der Waals surface area contributed by atoms with Gasteiger partial charge in [0.1, 0.15) is 6.42 Å². The zero-order valence-electron chi connectivity index (χ0n) is 5.32. The second-order valence-electron chi connectivity index (χ2n) is 1.29. The summed E-state index contributed by atoms with van der Waals surface area (Å²) >= 11 is 0. The maximum atomic E-state index is 7.59. The van der Waals surface area contributed by atoms with Crippen molar-refractivity contribution in [3.63, 3.8) is 0 Å². The number of nitrogens with zero attached hydrogens (tertiary/aromatic N) is 2. The molecule has 0 saturated heterocycles. The lowest BCUT2D eigenvalue weighted by atomic mass is 10.5. The van der Waals surface area contributed by atoms with Crippen molar-refractivity contribution in [1.82, 2.24) is 0 Å². The largest absolute Gasteiger partial charge is 0.473 e. The van der Waals surface area contributed by atoms with E-state index in [-0.39, 0.29) is 6.42 Å². The van der Waals surface area contributed by atoms with Crippen LogP contribution >= 0.6 is 0 Å². The molecular weight excluding hydrogens is 128 g/mol. The van der Waals surface area contributed by atoms with E-state index in [0.717, 1.165) is 0 Å². The Morgan fingerprint density at radius 2 is 1.60 bits per heavy atom. The van der Waals surface area contributed by atoms with Gasteiger partial charge in [0.25, 0.3) is 0 Å². The molecule has 0 saturated carbocycles. The molecular formula is C7H6N2O. The zero-order chi connectivity index (χ0) is 7.66. The van der Waals surface area contributed by atoms with Crippen LogP contribution in [0.3, 0.4) is 0 Å². The van der Waals surface area contributed by atoms with Gasteiger partial charge in [-0.2, -0.15) is 10.5 Å². The van der Waals surface area contributed by atoms with Gasteiger partial charge in [-0.25, -0.2) is 0 Å². The minimum Gasteiger partial charge on any atom is -0.473 e. The Balaban J connectivity index is 0.000000162. The van der Waals surface area contributed by atoms with Crippen LogP contribution < -0.4 is 0 Å². The first kappa shape index (κ1) is 8.26. The van der Waals surface area contributed by atoms with Gasteiger partial charge < -0.3 is 4.42 Å². The Labute approximate surface area is 59.1 Å². The Kier molecular flexibility index (Phi) is 6.00. The minimum absolute atomic E-state index is 0. The number of furan rings is 1. The van der Waals surface area contributed by atoms with Crippen LogP contribution in [0.4, 0.5) is 0 Å². The Hall–Kier alpha value is -1.74. The molecule has 0 unspecified atom stereocenters. The van der Waals surface area contributed by atoms with Crippen molar-refractivity contribution in [1.29, 1.82) is 10.5 Å². The van der Waals surface area contributed by atoms with Gasteiger partial charge in [0, 0.05) is 0 Å². The van der Waals surface area contributed by atoms with Crippen LogP contribution in [0.25, 0.3) is 0 Å². The maximum Gasteiger partial charge on any atom is 0.122 e. The summed E-state index contributed by atoms with van der Waals surface area (Å²) in [6.07, 6.45) is 3.25. The minimum atomic E-state index is 0. The molecule has 0 bridgehead atoms. The van der Waals surface area contributed by atoms with Crippen molar-refractivity contribution < 1.29 is 4.42 Å². The monoisotopic (exact) mass is 134 g/mol. The first-order valence-electron chi connectivity index (χ1n) is 2.63. The predicted molar refractivity (Wildman–Crippen MR) is 34.6 cm³/mol. The molecule has 0 aromatic carbocycles. The topological polar surface area (TPSA) is 60.7 Å². The van der Waals surface area contributed by atoms with Crippen molar-refractivity contribution in [3.05, 3.63) is 24.7 Å². The Morgan fingerprint density at radius 3 is 1.70 bits per heavy atom. The first-order chi connectivity index (χ1) is 4.91. The van der Waals surface area contributed by atoms with Crippen molar-refractivity contribution in [2.24, 2.45) is 0 Å². The standard InChI is InChI=1S/C4H4O.C3H2N2/c1-2-4-5-3-1;4-2-1-3-5/h1-4H;1H2. The molecule has 0 atom stereocenters. The summed E-state index contributed by atoms with van der Waals surface area (Å²) in [6.45, 7) is 0. The highest BCUT2D eigenvalue weighted by molar-refractivity contribution is 4.85. The van der Waals surface area contributed by atoms with Crippen molar-refractivity contribution in [2.45, 2.75) is 6.42 Å². The van der Waals surface area contributed by atoms with Gasteiger partial charge in [0.15, 0.2) is 0 Å². The lowest BCUT2D eigenvalue weighted by Gasteiger charge is -1.50. The molecule has 0 aliphatic heterocycles. The Morgan fingerprint density at radius 1 is 1.10 bits per heavy atom. The molecule has 0 aliphatic carbocycles. The summed E-state index contributed by atoms with van der Waals surface area (Å²) in [5.74, 6) is 0. The van der Waals surface area contributed by atoms with E-state index >= 15 is 0 Å². The average molecular weight is 134 g/mol. The molecule has 3 heteroatoms. The SMILES string of the molecule is N#CCC#N.c1ccoc1. The number of hydrogen-bond donors (Lipinski definition) is 0. The van der Waals surface area contributed by atoms with E-state index < -0.39 is 0 Å². The average Bonchev–Trinajstić information content (AvgIpc) is 2.44. The first-order valence-corrected chi connectivity index (χ1v) is 2.63. The molecule has 1 aromatic heterocycles. The highest BCUT2D eigenvalue weighted by Crippen LogP contribution is 1.79. The predicted octanol–water partition coefficient (Wildman–Crippen LogP) is 1.70. The molecule has 3 nitrogen and oxygen atoms in total. The smallest absolute Gasteiger partial charge is 0.122 e. The summed E-state index contributed by atoms with van der Waals surface area (Å²) in [5.41, 5.74) is 0. The lowest BCUT2D eigenvalue weighted by molar-refractivity contribution is 0.567. The van der Waals surface area contributed by atoms with Crippen LogP contribution in [-0.4, -0.2) is 0 Å². The van der Waals surface area contributed by atoms with Crippen LogP contribution in [0.1, 0.15) is 6.42 Å². The van der Waals surface area contributed by atoms with E-state index in [1.54, 1.807) is 24.7 Å². The van der Waals surface area contributed by atoms with Crippen LogP contribution in [0.15, 0.2) is 29.1 Å². The fraction of sp³-hybridized carbons (Fsp3) is 0.143. The lowest BCUT2D eigenvalue weighted by Crippen LogP contribution is -1.47. The summed E-state index contributed by atoms with van der Waals surface area (Å²) in [4.78, 5) is 0. The molecule has 0 amide bonds. The molecule has 10 heavy (non-hydrogen) atoms. The third-order valence-corrected chi connectivity index (χ3v) is 0.583.